The van der Waals surface area contributed by atoms with Gasteiger partial charge in [-0.3, -0.25) is 0 Å². The molecule has 0 amide bonds. The van der Waals surface area contributed by atoms with Gasteiger partial charge in [0, 0.05) is 5.71 Å². The maximum Gasteiger partial charge on any atom is 0.101 e. The Morgan fingerprint density at radius 3 is 1.80 bits per heavy atom. The number of aliphatic hydroxyl groups is 1. The van der Waals surface area contributed by atoms with Crippen LogP contribution in [-0.4, -0.2) is 16.4 Å². The molecule has 10 heavy (non-hydrogen) atoms. The Bertz CT molecular complexity index is 116. The third-order valence-electron chi connectivity index (χ3n) is 2.09. The molecule has 2 N–H and O–H groups in total. The standard InChI is InChI=1S/C8H17NO/c1-4-7(9)8(10,5-2)6-3/h9-10H,4-6H2,1-3H3. The van der Waals surface area contributed by atoms with Gasteiger partial charge < -0.3 is 10.5 Å². The van der Waals surface area contributed by atoms with Crippen LogP contribution in [0, 0.1) is 5.41 Å². The van der Waals surface area contributed by atoms with Crippen molar-refractivity contribution in [2.24, 2.45) is 0 Å². The first kappa shape index (κ1) is 9.63. The van der Waals surface area contributed by atoms with E-state index in [0.29, 0.717) is 25.0 Å². The monoisotopic (exact) mass is 143 g/mol. The van der Waals surface area contributed by atoms with Crippen molar-refractivity contribution in [1.29, 1.82) is 5.41 Å². The average molecular weight is 143 g/mol. The fourth-order valence-electron chi connectivity index (χ4n) is 1.01. The second kappa shape index (κ2) is 3.71. The van der Waals surface area contributed by atoms with Gasteiger partial charge in [-0.15, -0.1) is 0 Å². The van der Waals surface area contributed by atoms with E-state index >= 15 is 0 Å². The Morgan fingerprint density at radius 2 is 1.70 bits per heavy atom. The molecule has 0 saturated carbocycles. The summed E-state index contributed by atoms with van der Waals surface area (Å²) in [6.45, 7) is 5.72. The summed E-state index contributed by atoms with van der Waals surface area (Å²) in [5.41, 5.74) is -0.369. The topological polar surface area (TPSA) is 44.1 Å². The van der Waals surface area contributed by atoms with Gasteiger partial charge in [0.1, 0.15) is 5.60 Å². The zero-order chi connectivity index (χ0) is 8.20. The van der Waals surface area contributed by atoms with E-state index in [0.717, 1.165) is 0 Å². The van der Waals surface area contributed by atoms with Crippen LogP contribution in [0.4, 0.5) is 0 Å². The molecule has 0 aliphatic heterocycles. The number of rotatable bonds is 4. The van der Waals surface area contributed by atoms with Crippen LogP contribution >= 0.6 is 0 Å². The highest BCUT2D eigenvalue weighted by atomic mass is 16.3. The molecule has 2 heteroatoms. The lowest BCUT2D eigenvalue weighted by Gasteiger charge is -2.25. The lowest BCUT2D eigenvalue weighted by Crippen LogP contribution is -2.36. The van der Waals surface area contributed by atoms with E-state index < -0.39 is 5.60 Å². The SMILES string of the molecule is CCC(=N)C(O)(CC)CC. The van der Waals surface area contributed by atoms with E-state index in [1.165, 1.54) is 0 Å². The third kappa shape index (κ3) is 1.81. The quantitative estimate of drug-likeness (QED) is 0.580. The molecule has 0 unspecified atom stereocenters. The Morgan fingerprint density at radius 1 is 1.30 bits per heavy atom. The molecule has 0 saturated heterocycles. The van der Waals surface area contributed by atoms with Gasteiger partial charge in [-0.25, -0.2) is 0 Å². The van der Waals surface area contributed by atoms with Gasteiger partial charge in [0.15, 0.2) is 0 Å². The van der Waals surface area contributed by atoms with Crippen molar-refractivity contribution in [2.45, 2.75) is 45.6 Å². The predicted molar refractivity (Wildman–Crippen MR) is 43.5 cm³/mol. The normalized spacial score (nSPS) is 11.6. The van der Waals surface area contributed by atoms with E-state index in [2.05, 4.69) is 0 Å². The van der Waals surface area contributed by atoms with Crippen LogP contribution < -0.4 is 0 Å². The number of hydrogen-bond acceptors (Lipinski definition) is 2. The smallest absolute Gasteiger partial charge is 0.101 e. The van der Waals surface area contributed by atoms with Crippen molar-refractivity contribution in [3.8, 4) is 0 Å². The third-order valence-corrected chi connectivity index (χ3v) is 2.09. The molecular formula is C8H17NO. The van der Waals surface area contributed by atoms with Crippen LogP contribution in [0.5, 0.6) is 0 Å². The maximum absolute atomic E-state index is 9.67. The lowest BCUT2D eigenvalue weighted by molar-refractivity contribution is 0.101. The molecule has 0 atom stereocenters. The van der Waals surface area contributed by atoms with E-state index in [1.807, 2.05) is 20.8 Å². The molecule has 0 aromatic heterocycles. The van der Waals surface area contributed by atoms with Crippen molar-refractivity contribution >= 4 is 5.71 Å². The van der Waals surface area contributed by atoms with Gasteiger partial charge in [-0.2, -0.15) is 0 Å². The Hall–Kier alpha value is -0.370. The summed E-state index contributed by atoms with van der Waals surface area (Å²) in [7, 11) is 0. The van der Waals surface area contributed by atoms with Gasteiger partial charge >= 0.3 is 0 Å². The van der Waals surface area contributed by atoms with Crippen molar-refractivity contribution in [3.05, 3.63) is 0 Å². The lowest BCUT2D eigenvalue weighted by atomic mass is 9.90. The summed E-state index contributed by atoms with van der Waals surface area (Å²) >= 11 is 0. The van der Waals surface area contributed by atoms with Crippen LogP contribution in [-0.2, 0) is 0 Å². The first-order valence-corrected chi connectivity index (χ1v) is 3.91. The molecule has 0 aliphatic rings. The predicted octanol–water partition coefficient (Wildman–Crippen LogP) is 1.97. The molecule has 0 fully saturated rings. The van der Waals surface area contributed by atoms with Crippen molar-refractivity contribution in [2.75, 3.05) is 0 Å². The molecule has 0 radical (unpaired) electrons. The first-order valence-electron chi connectivity index (χ1n) is 3.91. The molecule has 0 aliphatic carbocycles. The van der Waals surface area contributed by atoms with Gasteiger partial charge in [0.25, 0.3) is 0 Å². The Labute approximate surface area is 62.8 Å². The van der Waals surface area contributed by atoms with Crippen LogP contribution in [0.2, 0.25) is 0 Å². The molecular weight excluding hydrogens is 126 g/mol. The molecule has 0 heterocycles. The largest absolute Gasteiger partial charge is 0.384 e. The van der Waals surface area contributed by atoms with E-state index in [4.69, 9.17) is 5.41 Å². The van der Waals surface area contributed by atoms with E-state index in [1.54, 1.807) is 0 Å². The fourth-order valence-corrected chi connectivity index (χ4v) is 1.01. The molecule has 0 bridgehead atoms. The van der Waals surface area contributed by atoms with Gasteiger partial charge in [0.05, 0.1) is 0 Å². The first-order chi connectivity index (χ1) is 4.60. The second-order valence-corrected chi connectivity index (χ2v) is 2.57. The fraction of sp³-hybridized carbons (Fsp3) is 0.875. The molecule has 2 nitrogen and oxygen atoms in total. The molecule has 0 spiro atoms. The zero-order valence-electron chi connectivity index (χ0n) is 7.07. The van der Waals surface area contributed by atoms with Gasteiger partial charge in [-0.05, 0) is 19.3 Å². The van der Waals surface area contributed by atoms with Gasteiger partial charge in [0.2, 0.25) is 0 Å². The molecule has 0 rings (SSSR count). The Balaban J connectivity index is 4.17. The highest BCUT2D eigenvalue weighted by Gasteiger charge is 2.25. The zero-order valence-corrected chi connectivity index (χ0v) is 7.07. The summed E-state index contributed by atoms with van der Waals surface area (Å²) in [6.07, 6.45) is 1.95. The van der Waals surface area contributed by atoms with E-state index in [9.17, 15) is 5.11 Å². The summed E-state index contributed by atoms with van der Waals surface area (Å²) in [5, 5.41) is 17.1. The molecule has 60 valence electrons. The number of nitrogens with one attached hydrogen (secondary N) is 1. The average Bonchev–Trinajstić information content (AvgIpc) is 2.01. The highest BCUT2D eigenvalue weighted by molar-refractivity contribution is 5.89. The molecule has 0 aromatic carbocycles. The second-order valence-electron chi connectivity index (χ2n) is 2.57. The van der Waals surface area contributed by atoms with Crippen LogP contribution in [0.1, 0.15) is 40.0 Å². The van der Waals surface area contributed by atoms with Gasteiger partial charge in [-0.1, -0.05) is 20.8 Å². The minimum absolute atomic E-state index is 0.456. The van der Waals surface area contributed by atoms with Crippen LogP contribution in [0.25, 0.3) is 0 Å². The number of hydrogen-bond donors (Lipinski definition) is 2. The van der Waals surface area contributed by atoms with Crippen molar-refractivity contribution in [3.63, 3.8) is 0 Å². The highest BCUT2D eigenvalue weighted by Crippen LogP contribution is 2.17. The summed E-state index contributed by atoms with van der Waals surface area (Å²) < 4.78 is 0. The van der Waals surface area contributed by atoms with Crippen LogP contribution in [0.3, 0.4) is 0 Å². The minimum atomic E-state index is -0.825. The van der Waals surface area contributed by atoms with Crippen LogP contribution in [0.15, 0.2) is 0 Å². The minimum Gasteiger partial charge on any atom is -0.384 e. The van der Waals surface area contributed by atoms with Crippen molar-refractivity contribution in [1.82, 2.24) is 0 Å². The maximum atomic E-state index is 9.67. The summed E-state index contributed by atoms with van der Waals surface area (Å²) in [5.74, 6) is 0. The molecule has 0 aromatic rings. The summed E-state index contributed by atoms with van der Waals surface area (Å²) in [4.78, 5) is 0. The van der Waals surface area contributed by atoms with E-state index in [-0.39, 0.29) is 0 Å². The Kier molecular flexibility index (Phi) is 3.58. The summed E-state index contributed by atoms with van der Waals surface area (Å²) in [6, 6.07) is 0. The van der Waals surface area contributed by atoms with Crippen molar-refractivity contribution < 1.29 is 5.11 Å².